The van der Waals surface area contributed by atoms with Crippen LogP contribution >= 0.6 is 0 Å². The predicted molar refractivity (Wildman–Crippen MR) is 209 cm³/mol. The molecule has 0 spiro atoms. The average Bonchev–Trinajstić information content (AvgIpc) is 3.79. The van der Waals surface area contributed by atoms with Crippen molar-refractivity contribution in [3.05, 3.63) is 158 Å². The van der Waals surface area contributed by atoms with Crippen LogP contribution < -0.4 is 0 Å². The zero-order valence-electron chi connectivity index (χ0n) is 27.6. The molecule has 0 N–H and O–H groups in total. The van der Waals surface area contributed by atoms with Crippen LogP contribution in [0, 0.1) is 0 Å². The van der Waals surface area contributed by atoms with Gasteiger partial charge in [-0.25, -0.2) is 19.9 Å². The minimum Gasteiger partial charge on any atom is -0.455 e. The van der Waals surface area contributed by atoms with Crippen LogP contribution in [-0.4, -0.2) is 19.9 Å². The molecular weight excluding hydrogens is 641 g/mol. The maximum atomic E-state index is 6.44. The van der Waals surface area contributed by atoms with Gasteiger partial charge in [0.1, 0.15) is 22.3 Å². The Hall–Kier alpha value is -7.18. The average molecular weight is 667 g/mol. The summed E-state index contributed by atoms with van der Waals surface area (Å²) in [5, 5.41) is 7.19. The van der Waals surface area contributed by atoms with E-state index in [2.05, 4.69) is 78.9 Å². The highest BCUT2D eigenvalue weighted by atomic mass is 16.3. The van der Waals surface area contributed by atoms with Gasteiger partial charge in [0.25, 0.3) is 0 Å². The van der Waals surface area contributed by atoms with Gasteiger partial charge in [-0.1, -0.05) is 127 Å². The minimum absolute atomic E-state index is 0.548. The molecule has 0 fully saturated rings. The summed E-state index contributed by atoms with van der Waals surface area (Å²) in [5.41, 5.74) is 8.59. The van der Waals surface area contributed by atoms with Crippen LogP contribution in [0.15, 0.2) is 167 Å². The first-order valence-electron chi connectivity index (χ1n) is 17.2. The Morgan fingerprint density at radius 3 is 1.62 bits per heavy atom. The molecular formula is C46H26N4O2. The van der Waals surface area contributed by atoms with Crippen molar-refractivity contribution in [1.82, 2.24) is 19.9 Å². The Labute approximate surface area is 296 Å². The molecule has 0 unspecified atom stereocenters. The lowest BCUT2D eigenvalue weighted by molar-refractivity contribution is 0.669. The molecule has 11 rings (SSSR count). The maximum absolute atomic E-state index is 6.44. The fourth-order valence-electron chi connectivity index (χ4n) is 7.55. The minimum atomic E-state index is 0.548. The number of pyridine rings is 1. The predicted octanol–water partition coefficient (Wildman–Crippen LogP) is 12.0. The zero-order chi connectivity index (χ0) is 34.2. The Morgan fingerprint density at radius 1 is 0.308 bits per heavy atom. The molecule has 7 aromatic carbocycles. The van der Waals surface area contributed by atoms with E-state index in [0.717, 1.165) is 93.5 Å². The normalized spacial score (nSPS) is 11.8. The van der Waals surface area contributed by atoms with Gasteiger partial charge in [0, 0.05) is 43.6 Å². The van der Waals surface area contributed by atoms with Gasteiger partial charge >= 0.3 is 0 Å². The molecule has 0 radical (unpaired) electrons. The van der Waals surface area contributed by atoms with Gasteiger partial charge < -0.3 is 8.83 Å². The second-order valence-corrected chi connectivity index (χ2v) is 12.9. The van der Waals surface area contributed by atoms with Gasteiger partial charge in [0.05, 0.1) is 11.3 Å². The maximum Gasteiger partial charge on any atom is 0.167 e. The first-order valence-corrected chi connectivity index (χ1v) is 17.2. The summed E-state index contributed by atoms with van der Waals surface area (Å²) in [6, 6.07) is 53.4. The molecule has 0 bridgehead atoms. The van der Waals surface area contributed by atoms with Crippen molar-refractivity contribution in [2.24, 2.45) is 0 Å². The van der Waals surface area contributed by atoms with Crippen LogP contribution in [0.1, 0.15) is 0 Å². The summed E-state index contributed by atoms with van der Waals surface area (Å²) in [7, 11) is 0. The number of hydrogen-bond acceptors (Lipinski definition) is 6. The molecule has 242 valence electrons. The highest BCUT2D eigenvalue weighted by Crippen LogP contribution is 2.42. The van der Waals surface area contributed by atoms with E-state index in [0.29, 0.717) is 17.5 Å². The molecule has 0 aliphatic heterocycles. The zero-order valence-corrected chi connectivity index (χ0v) is 27.6. The van der Waals surface area contributed by atoms with E-state index in [-0.39, 0.29) is 0 Å². The largest absolute Gasteiger partial charge is 0.455 e. The Morgan fingerprint density at radius 2 is 0.827 bits per heavy atom. The van der Waals surface area contributed by atoms with Crippen LogP contribution in [-0.2, 0) is 0 Å². The van der Waals surface area contributed by atoms with Crippen molar-refractivity contribution in [1.29, 1.82) is 0 Å². The summed E-state index contributed by atoms with van der Waals surface area (Å²) in [6.45, 7) is 0. The Balaban J connectivity index is 1.16. The number of rotatable bonds is 4. The number of hydrogen-bond donors (Lipinski definition) is 0. The molecule has 4 aromatic heterocycles. The molecule has 52 heavy (non-hydrogen) atoms. The first kappa shape index (κ1) is 28.6. The van der Waals surface area contributed by atoms with Gasteiger partial charge in [0.2, 0.25) is 0 Å². The Bertz CT molecular complexity index is 3200. The molecule has 0 amide bonds. The molecule has 0 atom stereocenters. The van der Waals surface area contributed by atoms with E-state index >= 15 is 0 Å². The lowest BCUT2D eigenvalue weighted by atomic mass is 9.94. The lowest BCUT2D eigenvalue weighted by Gasteiger charge is -2.14. The van der Waals surface area contributed by atoms with Crippen molar-refractivity contribution in [3.63, 3.8) is 0 Å². The number of furan rings is 2. The van der Waals surface area contributed by atoms with E-state index in [4.69, 9.17) is 28.8 Å². The lowest BCUT2D eigenvalue weighted by Crippen LogP contribution is -2.01. The Kier molecular flexibility index (Phi) is 6.15. The third kappa shape index (κ3) is 4.31. The number of aromatic nitrogens is 4. The van der Waals surface area contributed by atoms with Crippen LogP contribution in [0.2, 0.25) is 0 Å². The van der Waals surface area contributed by atoms with E-state index in [1.165, 1.54) is 0 Å². The summed E-state index contributed by atoms with van der Waals surface area (Å²) < 4.78 is 12.8. The highest BCUT2D eigenvalue weighted by Gasteiger charge is 2.21. The topological polar surface area (TPSA) is 77.8 Å². The van der Waals surface area contributed by atoms with Crippen molar-refractivity contribution in [3.8, 4) is 45.4 Å². The van der Waals surface area contributed by atoms with Crippen molar-refractivity contribution >= 4 is 65.6 Å². The van der Waals surface area contributed by atoms with E-state index in [1.807, 2.05) is 78.9 Å². The summed E-state index contributed by atoms with van der Waals surface area (Å²) >= 11 is 0. The molecule has 0 aliphatic rings. The molecule has 4 heterocycles. The van der Waals surface area contributed by atoms with Crippen LogP contribution in [0.25, 0.3) is 111 Å². The van der Waals surface area contributed by atoms with Gasteiger partial charge in [-0.05, 0) is 41.1 Å². The number of fused-ring (bicyclic) bond motifs is 9. The van der Waals surface area contributed by atoms with Crippen LogP contribution in [0.5, 0.6) is 0 Å². The molecule has 0 saturated heterocycles. The van der Waals surface area contributed by atoms with Gasteiger partial charge in [-0.2, -0.15) is 0 Å². The third-order valence-corrected chi connectivity index (χ3v) is 9.95. The van der Waals surface area contributed by atoms with Gasteiger partial charge in [-0.15, -0.1) is 0 Å². The molecule has 6 heteroatoms. The van der Waals surface area contributed by atoms with Crippen molar-refractivity contribution < 1.29 is 8.83 Å². The standard InChI is InChI=1S/C46H26N4O2/c1-2-13-27(14-3-1)44-48-45(50-46(49-44)37-22-12-21-33-30-17-8-10-23-38(30)51-42(33)37)35-26-25-32(28-15-4-5-16-29(28)35)40-31-18-6-7-19-34(31)43-41(47-40)36-20-9-11-24-39(36)52-43/h1-26H. The number of para-hydroxylation sites is 3. The van der Waals surface area contributed by atoms with E-state index in [1.54, 1.807) is 0 Å². The second kappa shape index (κ2) is 11.2. The van der Waals surface area contributed by atoms with E-state index in [9.17, 15) is 0 Å². The van der Waals surface area contributed by atoms with Crippen LogP contribution in [0.4, 0.5) is 0 Å². The summed E-state index contributed by atoms with van der Waals surface area (Å²) in [4.78, 5) is 20.7. The summed E-state index contributed by atoms with van der Waals surface area (Å²) in [6.07, 6.45) is 0. The van der Waals surface area contributed by atoms with Gasteiger partial charge in [0.15, 0.2) is 23.1 Å². The molecule has 0 saturated carbocycles. The number of benzene rings is 7. The first-order chi connectivity index (χ1) is 25.8. The van der Waals surface area contributed by atoms with E-state index < -0.39 is 0 Å². The number of nitrogens with zero attached hydrogens (tertiary/aromatic N) is 4. The third-order valence-electron chi connectivity index (χ3n) is 9.95. The fraction of sp³-hybridized carbons (Fsp3) is 0. The highest BCUT2D eigenvalue weighted by molar-refractivity contribution is 6.18. The SMILES string of the molecule is c1ccc(-c2nc(-c3ccc(-c4nc5c6ccccc6oc5c5ccccc45)c4ccccc34)nc(-c3cccc4c3oc3ccccc34)n2)cc1. The quantitative estimate of drug-likeness (QED) is 0.186. The van der Waals surface area contributed by atoms with Gasteiger partial charge in [-0.3, -0.25) is 0 Å². The summed E-state index contributed by atoms with van der Waals surface area (Å²) in [5.74, 6) is 1.72. The molecule has 6 nitrogen and oxygen atoms in total. The molecule has 0 aliphatic carbocycles. The monoisotopic (exact) mass is 666 g/mol. The van der Waals surface area contributed by atoms with Crippen molar-refractivity contribution in [2.75, 3.05) is 0 Å². The second-order valence-electron chi connectivity index (χ2n) is 12.9. The smallest absolute Gasteiger partial charge is 0.167 e. The molecule has 11 aromatic rings. The van der Waals surface area contributed by atoms with Crippen molar-refractivity contribution in [2.45, 2.75) is 0 Å². The fourth-order valence-corrected chi connectivity index (χ4v) is 7.55. The van der Waals surface area contributed by atoms with Crippen LogP contribution in [0.3, 0.4) is 0 Å².